The van der Waals surface area contributed by atoms with Gasteiger partial charge in [0.25, 0.3) is 0 Å². The molecule has 1 heterocycles. The summed E-state index contributed by atoms with van der Waals surface area (Å²) < 4.78 is 0. The zero-order chi connectivity index (χ0) is 15.5. The molecule has 1 aromatic rings. The molecular formula is C15H19N3O3. The third-order valence-electron chi connectivity index (χ3n) is 3.50. The standard InChI is InChI=1S/C15H19N3O3/c1-10(2)7-12-16-8-11(9-17-12)18-13(19)15(14(20)21)5-3-4-6-15/h3-4,8-10H,5-7H2,1-2H3,(H,18,19)(H,20,21). The van der Waals surface area contributed by atoms with Gasteiger partial charge in [-0.3, -0.25) is 9.59 Å². The molecule has 0 saturated heterocycles. The van der Waals surface area contributed by atoms with Crippen LogP contribution in [-0.2, 0) is 16.0 Å². The minimum atomic E-state index is -1.41. The van der Waals surface area contributed by atoms with Gasteiger partial charge in [-0.2, -0.15) is 0 Å². The topological polar surface area (TPSA) is 92.2 Å². The van der Waals surface area contributed by atoms with E-state index in [-0.39, 0.29) is 12.8 Å². The van der Waals surface area contributed by atoms with E-state index in [1.165, 1.54) is 12.4 Å². The van der Waals surface area contributed by atoms with Crippen molar-refractivity contribution in [3.63, 3.8) is 0 Å². The van der Waals surface area contributed by atoms with Gasteiger partial charge in [-0.05, 0) is 18.8 Å². The van der Waals surface area contributed by atoms with Crippen molar-refractivity contribution in [2.45, 2.75) is 33.1 Å². The summed E-state index contributed by atoms with van der Waals surface area (Å²) >= 11 is 0. The maximum Gasteiger partial charge on any atom is 0.319 e. The number of carbonyl (C=O) groups excluding carboxylic acids is 1. The van der Waals surface area contributed by atoms with Crippen LogP contribution in [-0.4, -0.2) is 27.0 Å². The molecule has 0 bridgehead atoms. The molecule has 112 valence electrons. The first-order valence-electron chi connectivity index (χ1n) is 6.95. The molecule has 1 aromatic heterocycles. The van der Waals surface area contributed by atoms with Crippen molar-refractivity contribution in [1.82, 2.24) is 9.97 Å². The lowest BCUT2D eigenvalue weighted by atomic mass is 9.84. The molecule has 0 atom stereocenters. The van der Waals surface area contributed by atoms with Crippen LogP contribution in [0.5, 0.6) is 0 Å². The van der Waals surface area contributed by atoms with Crippen molar-refractivity contribution in [2.75, 3.05) is 5.32 Å². The Labute approximate surface area is 123 Å². The number of hydrogen-bond acceptors (Lipinski definition) is 4. The first-order chi connectivity index (χ1) is 9.94. The van der Waals surface area contributed by atoms with Crippen LogP contribution in [0, 0.1) is 11.3 Å². The molecule has 0 aromatic carbocycles. The molecule has 1 aliphatic rings. The number of carboxylic acid groups (broad SMARTS) is 1. The number of carbonyl (C=O) groups is 2. The zero-order valence-electron chi connectivity index (χ0n) is 12.2. The number of aliphatic carboxylic acids is 1. The molecule has 1 aliphatic carbocycles. The van der Waals surface area contributed by atoms with Gasteiger partial charge < -0.3 is 10.4 Å². The summed E-state index contributed by atoms with van der Waals surface area (Å²) in [6, 6.07) is 0. The van der Waals surface area contributed by atoms with Crippen LogP contribution in [0.1, 0.15) is 32.5 Å². The van der Waals surface area contributed by atoms with Crippen LogP contribution in [0.4, 0.5) is 5.69 Å². The quantitative estimate of drug-likeness (QED) is 0.639. The number of nitrogens with zero attached hydrogens (tertiary/aromatic N) is 2. The van der Waals surface area contributed by atoms with Crippen LogP contribution >= 0.6 is 0 Å². The number of amides is 1. The highest BCUT2D eigenvalue weighted by Crippen LogP contribution is 2.34. The van der Waals surface area contributed by atoms with E-state index in [1.54, 1.807) is 12.2 Å². The van der Waals surface area contributed by atoms with Crippen LogP contribution < -0.4 is 5.32 Å². The van der Waals surface area contributed by atoms with Crippen molar-refractivity contribution in [1.29, 1.82) is 0 Å². The summed E-state index contributed by atoms with van der Waals surface area (Å²) in [5, 5.41) is 11.9. The smallest absolute Gasteiger partial charge is 0.319 e. The van der Waals surface area contributed by atoms with E-state index in [0.717, 1.165) is 6.42 Å². The Hall–Kier alpha value is -2.24. The van der Waals surface area contributed by atoms with Crippen molar-refractivity contribution in [3.8, 4) is 0 Å². The maximum atomic E-state index is 12.3. The van der Waals surface area contributed by atoms with Crippen molar-refractivity contribution in [2.24, 2.45) is 11.3 Å². The van der Waals surface area contributed by atoms with Gasteiger partial charge in [0, 0.05) is 6.42 Å². The molecule has 2 rings (SSSR count). The molecule has 2 N–H and O–H groups in total. The summed E-state index contributed by atoms with van der Waals surface area (Å²) in [6.07, 6.45) is 7.64. The fourth-order valence-corrected chi connectivity index (χ4v) is 2.25. The van der Waals surface area contributed by atoms with Crippen LogP contribution in [0.25, 0.3) is 0 Å². The molecule has 0 unspecified atom stereocenters. The zero-order valence-corrected chi connectivity index (χ0v) is 12.2. The highest BCUT2D eigenvalue weighted by Gasteiger charge is 2.46. The number of nitrogens with one attached hydrogen (secondary N) is 1. The summed E-state index contributed by atoms with van der Waals surface area (Å²) in [7, 11) is 0. The Kier molecular flexibility index (Phi) is 4.35. The molecule has 0 fully saturated rings. The normalized spacial score (nSPS) is 16.1. The molecule has 21 heavy (non-hydrogen) atoms. The lowest BCUT2D eigenvalue weighted by molar-refractivity contribution is -0.153. The van der Waals surface area contributed by atoms with Gasteiger partial charge in [-0.25, -0.2) is 9.97 Å². The van der Waals surface area contributed by atoms with Gasteiger partial charge in [-0.15, -0.1) is 0 Å². The second kappa shape index (κ2) is 6.03. The molecule has 6 nitrogen and oxygen atoms in total. The van der Waals surface area contributed by atoms with E-state index >= 15 is 0 Å². The predicted octanol–water partition coefficient (Wildman–Crippen LogP) is 2.03. The third-order valence-corrected chi connectivity index (χ3v) is 3.50. The minimum Gasteiger partial charge on any atom is -0.480 e. The number of allylic oxidation sites excluding steroid dienone is 2. The van der Waals surface area contributed by atoms with Gasteiger partial charge in [0.15, 0.2) is 5.41 Å². The largest absolute Gasteiger partial charge is 0.480 e. The molecule has 6 heteroatoms. The van der Waals surface area contributed by atoms with E-state index in [9.17, 15) is 14.7 Å². The van der Waals surface area contributed by atoms with E-state index in [0.29, 0.717) is 17.4 Å². The van der Waals surface area contributed by atoms with Crippen LogP contribution in [0.2, 0.25) is 0 Å². The van der Waals surface area contributed by atoms with Crippen molar-refractivity contribution in [3.05, 3.63) is 30.4 Å². The Morgan fingerprint density at radius 2 is 1.86 bits per heavy atom. The third kappa shape index (κ3) is 3.26. The lowest BCUT2D eigenvalue weighted by Gasteiger charge is -2.22. The van der Waals surface area contributed by atoms with E-state index in [1.807, 2.05) is 0 Å². The van der Waals surface area contributed by atoms with E-state index in [4.69, 9.17) is 0 Å². The van der Waals surface area contributed by atoms with Crippen molar-refractivity contribution >= 4 is 17.6 Å². The monoisotopic (exact) mass is 289 g/mol. The number of aromatic nitrogens is 2. The van der Waals surface area contributed by atoms with E-state index < -0.39 is 17.3 Å². The number of rotatable bonds is 5. The Bertz CT molecular complexity index is 556. The molecule has 0 aliphatic heterocycles. The summed E-state index contributed by atoms with van der Waals surface area (Å²) in [5.41, 5.74) is -0.989. The number of carboxylic acids is 1. The highest BCUT2D eigenvalue weighted by atomic mass is 16.4. The summed E-state index contributed by atoms with van der Waals surface area (Å²) in [4.78, 5) is 32.0. The first kappa shape index (κ1) is 15.2. The molecular weight excluding hydrogens is 270 g/mol. The lowest BCUT2D eigenvalue weighted by Crippen LogP contribution is -2.41. The summed E-state index contributed by atoms with van der Waals surface area (Å²) in [6.45, 7) is 4.14. The molecule has 0 radical (unpaired) electrons. The average molecular weight is 289 g/mol. The van der Waals surface area contributed by atoms with Gasteiger partial charge in [-0.1, -0.05) is 26.0 Å². The maximum absolute atomic E-state index is 12.3. The summed E-state index contributed by atoms with van der Waals surface area (Å²) in [5.74, 6) is -0.480. The van der Waals surface area contributed by atoms with Gasteiger partial charge in [0.2, 0.25) is 5.91 Å². The Morgan fingerprint density at radius 1 is 1.29 bits per heavy atom. The fraction of sp³-hybridized carbons (Fsp3) is 0.467. The minimum absolute atomic E-state index is 0.209. The molecule has 0 saturated carbocycles. The fourth-order valence-electron chi connectivity index (χ4n) is 2.25. The number of hydrogen-bond donors (Lipinski definition) is 2. The van der Waals surface area contributed by atoms with Crippen LogP contribution in [0.3, 0.4) is 0 Å². The first-order valence-corrected chi connectivity index (χ1v) is 6.95. The average Bonchev–Trinajstić information content (AvgIpc) is 2.91. The van der Waals surface area contributed by atoms with Crippen LogP contribution in [0.15, 0.2) is 24.5 Å². The van der Waals surface area contributed by atoms with Gasteiger partial charge in [0.05, 0.1) is 18.1 Å². The second-order valence-electron chi connectivity index (χ2n) is 5.71. The van der Waals surface area contributed by atoms with Crippen molar-refractivity contribution < 1.29 is 14.7 Å². The molecule has 0 spiro atoms. The number of anilines is 1. The van der Waals surface area contributed by atoms with Gasteiger partial charge in [0.1, 0.15) is 5.82 Å². The molecule has 1 amide bonds. The SMILES string of the molecule is CC(C)Cc1ncc(NC(=O)C2(C(=O)O)CC=CC2)cn1. The van der Waals surface area contributed by atoms with Gasteiger partial charge >= 0.3 is 5.97 Å². The Balaban J connectivity index is 2.07. The highest BCUT2D eigenvalue weighted by molar-refractivity contribution is 6.08. The van der Waals surface area contributed by atoms with E-state index in [2.05, 4.69) is 29.1 Å². The Morgan fingerprint density at radius 3 is 2.33 bits per heavy atom. The predicted molar refractivity (Wildman–Crippen MR) is 77.6 cm³/mol. The second-order valence-corrected chi connectivity index (χ2v) is 5.71.